The van der Waals surface area contributed by atoms with Gasteiger partial charge in [-0.3, -0.25) is 0 Å². The fraction of sp³-hybridized carbons (Fsp3) is 0.500. The van der Waals surface area contributed by atoms with Crippen molar-refractivity contribution in [2.75, 3.05) is 7.05 Å². The summed E-state index contributed by atoms with van der Waals surface area (Å²) >= 11 is 5.91. The molecule has 0 aliphatic heterocycles. The molecule has 0 amide bonds. The van der Waals surface area contributed by atoms with Crippen molar-refractivity contribution >= 4 is 24.2 Å². The number of rotatable bonds is 4. The van der Waals surface area contributed by atoms with Crippen LogP contribution in [0.4, 0.5) is 0 Å². The molecule has 0 N–H and O–H groups in total. The minimum Gasteiger partial charge on any atom is -0.220 e. The summed E-state index contributed by atoms with van der Waals surface area (Å²) in [5, 5.41) is 0. The van der Waals surface area contributed by atoms with Crippen LogP contribution < -0.4 is 0 Å². The second-order valence-electron chi connectivity index (χ2n) is 3.70. The lowest BCUT2D eigenvalue weighted by Crippen LogP contribution is -2.22. The van der Waals surface area contributed by atoms with E-state index in [1.54, 1.807) is 4.42 Å². The Balaban J connectivity index is 0.00000196. The number of likely N-dealkylation sites (N-methyl/N-ethyl adjacent to an activating group) is 1. The van der Waals surface area contributed by atoms with Crippen molar-refractivity contribution in [2.24, 2.45) is 0 Å². The van der Waals surface area contributed by atoms with Crippen molar-refractivity contribution in [3.8, 4) is 0 Å². The number of hydrogen-bond acceptors (Lipinski definition) is 1. The molecule has 0 fully saturated rings. The summed E-state index contributed by atoms with van der Waals surface area (Å²) in [7, 11) is 1.90. The molecular weight excluding hydrogens is 229 g/mol. The Bertz CT molecular complexity index is 287. The Morgan fingerprint density at radius 3 is 2.27 bits per heavy atom. The topological polar surface area (TPSA) is 3.24 Å². The lowest BCUT2D eigenvalue weighted by atomic mass is 9.99. The molecule has 1 aromatic carbocycles. The molecule has 86 valence electrons. The van der Waals surface area contributed by atoms with E-state index in [0.29, 0.717) is 6.04 Å². The Kier molecular flexibility index (Phi) is 6.99. The maximum absolute atomic E-state index is 5.91. The minimum atomic E-state index is 0. The lowest BCUT2D eigenvalue weighted by molar-refractivity contribution is 0.419. The Morgan fingerprint density at radius 1 is 1.27 bits per heavy atom. The Hall–Kier alpha value is -0.240. The van der Waals surface area contributed by atoms with Crippen molar-refractivity contribution in [2.45, 2.75) is 32.7 Å². The van der Waals surface area contributed by atoms with E-state index in [1.165, 1.54) is 11.1 Å². The quantitative estimate of drug-likeness (QED) is 0.734. The van der Waals surface area contributed by atoms with Gasteiger partial charge in [0.1, 0.15) is 0 Å². The summed E-state index contributed by atoms with van der Waals surface area (Å²) in [5.74, 6) is 0. The third-order valence-electron chi connectivity index (χ3n) is 2.62. The maximum atomic E-state index is 5.91. The number of benzene rings is 1. The van der Waals surface area contributed by atoms with Gasteiger partial charge in [-0.1, -0.05) is 31.2 Å². The van der Waals surface area contributed by atoms with Crippen LogP contribution >= 0.6 is 24.2 Å². The molecule has 0 aliphatic carbocycles. The first-order chi connectivity index (χ1) is 6.65. The average molecular weight is 248 g/mol. The summed E-state index contributed by atoms with van der Waals surface area (Å²) in [6, 6.07) is 8.95. The van der Waals surface area contributed by atoms with Gasteiger partial charge in [0, 0.05) is 13.1 Å². The summed E-state index contributed by atoms with van der Waals surface area (Å²) in [4.78, 5) is 0. The maximum Gasteiger partial charge on any atom is 0.0260 e. The number of aryl methyl sites for hydroxylation is 1. The van der Waals surface area contributed by atoms with Crippen LogP contribution in [-0.4, -0.2) is 17.5 Å². The molecule has 0 saturated carbocycles. The first-order valence-electron chi connectivity index (χ1n) is 5.10. The average Bonchev–Trinajstić information content (AvgIpc) is 2.18. The van der Waals surface area contributed by atoms with E-state index >= 15 is 0 Å². The van der Waals surface area contributed by atoms with Gasteiger partial charge in [-0.25, -0.2) is 4.42 Å². The molecule has 0 aliphatic rings. The van der Waals surface area contributed by atoms with Gasteiger partial charge in [0.25, 0.3) is 0 Å². The van der Waals surface area contributed by atoms with E-state index in [4.69, 9.17) is 11.8 Å². The second-order valence-corrected chi connectivity index (χ2v) is 4.23. The molecule has 1 aromatic rings. The van der Waals surface area contributed by atoms with Gasteiger partial charge >= 0.3 is 0 Å². The summed E-state index contributed by atoms with van der Waals surface area (Å²) in [6.07, 6.45) is 2.11. The van der Waals surface area contributed by atoms with Crippen molar-refractivity contribution < 1.29 is 0 Å². The van der Waals surface area contributed by atoms with Gasteiger partial charge in [-0.05, 0) is 42.7 Å². The van der Waals surface area contributed by atoms with Crippen LogP contribution in [0.5, 0.6) is 0 Å². The molecule has 1 rings (SSSR count). The normalized spacial score (nSPS) is 12.3. The zero-order chi connectivity index (χ0) is 10.6. The van der Waals surface area contributed by atoms with Gasteiger partial charge in [0.2, 0.25) is 0 Å². The van der Waals surface area contributed by atoms with Gasteiger partial charge in [0.15, 0.2) is 0 Å². The third kappa shape index (κ3) is 4.42. The highest BCUT2D eigenvalue weighted by atomic mass is 35.5. The van der Waals surface area contributed by atoms with Crippen LogP contribution in [0.25, 0.3) is 0 Å². The SMILES string of the molecule is CCc1ccccc1CC(C)N(C)Cl.Cl. The van der Waals surface area contributed by atoms with E-state index < -0.39 is 0 Å². The highest BCUT2D eigenvalue weighted by Gasteiger charge is 2.09. The fourth-order valence-electron chi connectivity index (χ4n) is 1.55. The molecular formula is C12H19Cl2N. The lowest BCUT2D eigenvalue weighted by Gasteiger charge is -2.18. The molecule has 1 unspecified atom stereocenters. The second kappa shape index (κ2) is 7.10. The van der Waals surface area contributed by atoms with Gasteiger partial charge in [-0.2, -0.15) is 0 Å². The van der Waals surface area contributed by atoms with Crippen molar-refractivity contribution in [1.82, 2.24) is 4.42 Å². The number of halogens is 2. The monoisotopic (exact) mass is 247 g/mol. The van der Waals surface area contributed by atoms with Crippen LogP contribution in [0.15, 0.2) is 24.3 Å². The zero-order valence-corrected chi connectivity index (χ0v) is 11.1. The summed E-state index contributed by atoms with van der Waals surface area (Å²) in [6.45, 7) is 4.33. The highest BCUT2D eigenvalue weighted by Crippen LogP contribution is 2.14. The first-order valence-corrected chi connectivity index (χ1v) is 5.44. The van der Waals surface area contributed by atoms with Crippen LogP contribution in [-0.2, 0) is 12.8 Å². The fourth-order valence-corrected chi connectivity index (χ4v) is 1.61. The Labute approximate surface area is 104 Å². The molecule has 1 atom stereocenters. The Morgan fingerprint density at radius 2 is 1.80 bits per heavy atom. The van der Waals surface area contributed by atoms with Gasteiger partial charge in [-0.15, -0.1) is 12.4 Å². The van der Waals surface area contributed by atoms with Crippen molar-refractivity contribution in [3.63, 3.8) is 0 Å². The van der Waals surface area contributed by atoms with Gasteiger partial charge in [0.05, 0.1) is 0 Å². The van der Waals surface area contributed by atoms with E-state index in [1.807, 2.05) is 7.05 Å². The summed E-state index contributed by atoms with van der Waals surface area (Å²) in [5.41, 5.74) is 2.84. The zero-order valence-electron chi connectivity index (χ0n) is 9.53. The molecule has 0 radical (unpaired) electrons. The van der Waals surface area contributed by atoms with Crippen LogP contribution in [0.3, 0.4) is 0 Å². The molecule has 0 aromatic heterocycles. The standard InChI is InChI=1S/C12H18ClN.ClH/c1-4-11-7-5-6-8-12(11)9-10(2)14(3)13;/h5-8,10H,4,9H2,1-3H3;1H. The molecule has 1 nitrogen and oxygen atoms in total. The van der Waals surface area contributed by atoms with Crippen LogP contribution in [0.2, 0.25) is 0 Å². The predicted molar refractivity (Wildman–Crippen MR) is 69.9 cm³/mol. The summed E-state index contributed by atoms with van der Waals surface area (Å²) < 4.78 is 1.74. The molecule has 0 bridgehead atoms. The van der Waals surface area contributed by atoms with Crippen LogP contribution in [0.1, 0.15) is 25.0 Å². The third-order valence-corrected chi connectivity index (χ3v) is 2.96. The van der Waals surface area contributed by atoms with Gasteiger partial charge < -0.3 is 0 Å². The molecule has 15 heavy (non-hydrogen) atoms. The largest absolute Gasteiger partial charge is 0.220 e. The predicted octanol–water partition coefficient (Wildman–Crippen LogP) is 3.69. The molecule has 3 heteroatoms. The van der Waals surface area contributed by atoms with E-state index in [-0.39, 0.29) is 12.4 Å². The van der Waals surface area contributed by atoms with E-state index in [2.05, 4.69) is 38.1 Å². The minimum absolute atomic E-state index is 0. The van der Waals surface area contributed by atoms with Crippen molar-refractivity contribution in [3.05, 3.63) is 35.4 Å². The smallest absolute Gasteiger partial charge is 0.0260 e. The highest BCUT2D eigenvalue weighted by molar-refractivity contribution is 6.13. The van der Waals surface area contributed by atoms with E-state index in [0.717, 1.165) is 12.8 Å². The van der Waals surface area contributed by atoms with Crippen LogP contribution in [0, 0.1) is 0 Å². The number of nitrogens with zero attached hydrogens (tertiary/aromatic N) is 1. The number of hydrogen-bond donors (Lipinski definition) is 0. The first kappa shape index (κ1) is 14.8. The molecule has 0 saturated heterocycles. The molecule has 0 spiro atoms. The van der Waals surface area contributed by atoms with Crippen molar-refractivity contribution in [1.29, 1.82) is 0 Å². The molecule has 0 heterocycles. The van der Waals surface area contributed by atoms with E-state index in [9.17, 15) is 0 Å².